The second-order valence-electron chi connectivity index (χ2n) is 4.10. The lowest BCUT2D eigenvalue weighted by atomic mass is 10.3. The minimum absolute atomic E-state index is 0.0978. The van der Waals surface area contributed by atoms with E-state index >= 15 is 0 Å². The van der Waals surface area contributed by atoms with Crippen molar-refractivity contribution in [2.24, 2.45) is 0 Å². The first kappa shape index (κ1) is 13.1. The van der Waals surface area contributed by atoms with Crippen molar-refractivity contribution < 1.29 is 17.9 Å². The van der Waals surface area contributed by atoms with Gasteiger partial charge in [-0.2, -0.15) is 0 Å². The van der Waals surface area contributed by atoms with E-state index in [1.807, 2.05) is 0 Å². The van der Waals surface area contributed by atoms with Crippen molar-refractivity contribution in [1.82, 2.24) is 0 Å². The Hall–Kier alpha value is -1.92. The zero-order valence-electron chi connectivity index (χ0n) is 10.2. The Labute approximate surface area is 121 Å². The Morgan fingerprint density at radius 2 is 1.70 bits per heavy atom. The molecule has 0 bridgehead atoms. The molecule has 0 radical (unpaired) electrons. The van der Waals surface area contributed by atoms with Crippen molar-refractivity contribution in [3.8, 4) is 11.5 Å². The maximum Gasteiger partial charge on any atom is 0.261 e. The lowest BCUT2D eigenvalue weighted by Crippen LogP contribution is -2.13. The van der Waals surface area contributed by atoms with Crippen LogP contribution in [0, 0.1) is 0 Å². The molecule has 5 nitrogen and oxygen atoms in total. The van der Waals surface area contributed by atoms with E-state index in [1.165, 1.54) is 24.3 Å². The number of hydrogen-bond acceptors (Lipinski definition) is 4. The number of hydrogen-bond donors (Lipinski definition) is 1. The van der Waals surface area contributed by atoms with Crippen LogP contribution in [0.25, 0.3) is 0 Å². The highest BCUT2D eigenvalue weighted by molar-refractivity contribution is 7.92. The van der Waals surface area contributed by atoms with E-state index in [2.05, 4.69) is 4.72 Å². The number of halogens is 1. The van der Waals surface area contributed by atoms with Gasteiger partial charge in [0, 0.05) is 12.1 Å². The van der Waals surface area contributed by atoms with Crippen LogP contribution in [-0.2, 0) is 10.0 Å². The third-order valence-corrected chi connectivity index (χ3v) is 4.45. The van der Waals surface area contributed by atoms with Crippen LogP contribution in [0.5, 0.6) is 11.5 Å². The van der Waals surface area contributed by atoms with Crippen LogP contribution in [0.2, 0.25) is 5.02 Å². The van der Waals surface area contributed by atoms with Crippen molar-refractivity contribution >= 4 is 27.3 Å². The molecule has 1 aliphatic rings. The van der Waals surface area contributed by atoms with Crippen LogP contribution in [0.1, 0.15) is 0 Å². The largest absolute Gasteiger partial charge is 0.454 e. The molecule has 2 aromatic rings. The molecule has 1 N–H and O–H groups in total. The average Bonchev–Trinajstić information content (AvgIpc) is 2.87. The summed E-state index contributed by atoms with van der Waals surface area (Å²) < 4.78 is 37.2. The van der Waals surface area contributed by atoms with Gasteiger partial charge < -0.3 is 9.47 Å². The minimum atomic E-state index is -3.68. The summed E-state index contributed by atoms with van der Waals surface area (Å²) in [5, 5.41) is 0.244. The quantitative estimate of drug-likeness (QED) is 0.946. The van der Waals surface area contributed by atoms with Gasteiger partial charge in [0.15, 0.2) is 11.5 Å². The van der Waals surface area contributed by atoms with Gasteiger partial charge in [-0.25, -0.2) is 8.42 Å². The third-order valence-electron chi connectivity index (χ3n) is 2.76. The van der Waals surface area contributed by atoms with E-state index in [0.717, 1.165) is 0 Å². The van der Waals surface area contributed by atoms with E-state index in [1.54, 1.807) is 18.2 Å². The fraction of sp³-hybridized carbons (Fsp3) is 0.0769. The molecular formula is C13H10ClNO4S. The molecule has 1 aliphatic heterocycles. The molecule has 3 rings (SSSR count). The molecular weight excluding hydrogens is 302 g/mol. The molecule has 0 saturated heterocycles. The second-order valence-corrected chi connectivity index (χ2v) is 6.19. The predicted molar refractivity (Wildman–Crippen MR) is 74.8 cm³/mol. The fourth-order valence-electron chi connectivity index (χ4n) is 1.80. The maximum atomic E-state index is 12.2. The summed E-state index contributed by atoms with van der Waals surface area (Å²) in [5.74, 6) is 0.956. The number of nitrogens with one attached hydrogen (secondary N) is 1. The summed E-state index contributed by atoms with van der Waals surface area (Å²) in [6, 6.07) is 11.1. The highest BCUT2D eigenvalue weighted by Crippen LogP contribution is 2.39. The van der Waals surface area contributed by atoms with E-state index in [4.69, 9.17) is 21.1 Å². The zero-order chi connectivity index (χ0) is 14.2. The van der Waals surface area contributed by atoms with Crippen LogP contribution in [0.15, 0.2) is 47.4 Å². The highest BCUT2D eigenvalue weighted by atomic mass is 35.5. The van der Waals surface area contributed by atoms with Crippen LogP contribution in [0.4, 0.5) is 5.69 Å². The van der Waals surface area contributed by atoms with Gasteiger partial charge in [0.2, 0.25) is 6.79 Å². The summed E-state index contributed by atoms with van der Waals surface area (Å²) in [7, 11) is -3.68. The van der Waals surface area contributed by atoms with Crippen molar-refractivity contribution in [1.29, 1.82) is 0 Å². The summed E-state index contributed by atoms with van der Waals surface area (Å²) >= 11 is 6.04. The first-order valence-corrected chi connectivity index (χ1v) is 7.59. The molecule has 0 aromatic heterocycles. The van der Waals surface area contributed by atoms with Gasteiger partial charge in [0.05, 0.1) is 15.6 Å². The lowest BCUT2D eigenvalue weighted by molar-refractivity contribution is 0.174. The van der Waals surface area contributed by atoms with E-state index < -0.39 is 10.0 Å². The fourth-order valence-corrected chi connectivity index (χ4v) is 3.15. The Bertz CT molecular complexity index is 746. The van der Waals surface area contributed by atoms with Gasteiger partial charge >= 0.3 is 0 Å². The minimum Gasteiger partial charge on any atom is -0.454 e. The smallest absolute Gasteiger partial charge is 0.261 e. The number of sulfonamides is 1. The first-order chi connectivity index (χ1) is 9.56. The maximum absolute atomic E-state index is 12.2. The Balaban J connectivity index is 1.96. The average molecular weight is 312 g/mol. The molecule has 0 atom stereocenters. The zero-order valence-corrected chi connectivity index (χ0v) is 11.7. The van der Waals surface area contributed by atoms with Crippen molar-refractivity contribution in [2.45, 2.75) is 4.90 Å². The standard InChI is InChI=1S/C13H10ClNO4S/c14-10-6-12-13(19-8-18-12)7-11(10)15-20(16,17)9-4-2-1-3-5-9/h1-7,15H,8H2. The van der Waals surface area contributed by atoms with Crippen LogP contribution in [0.3, 0.4) is 0 Å². The summed E-state index contributed by atoms with van der Waals surface area (Å²) in [6.07, 6.45) is 0. The monoisotopic (exact) mass is 311 g/mol. The number of ether oxygens (including phenoxy) is 2. The van der Waals surface area contributed by atoms with Gasteiger partial charge in [0.1, 0.15) is 0 Å². The molecule has 20 heavy (non-hydrogen) atoms. The molecule has 0 aliphatic carbocycles. The molecule has 7 heteroatoms. The molecule has 2 aromatic carbocycles. The van der Waals surface area contributed by atoms with Gasteiger partial charge in [-0.1, -0.05) is 29.8 Å². The molecule has 104 valence electrons. The van der Waals surface area contributed by atoms with Crippen LogP contribution < -0.4 is 14.2 Å². The lowest BCUT2D eigenvalue weighted by Gasteiger charge is -2.10. The SMILES string of the molecule is O=S(=O)(Nc1cc2c(cc1Cl)OCO2)c1ccccc1. The highest BCUT2D eigenvalue weighted by Gasteiger charge is 2.20. The first-order valence-electron chi connectivity index (χ1n) is 5.73. The topological polar surface area (TPSA) is 64.6 Å². The normalized spacial score (nSPS) is 13.2. The molecule has 0 amide bonds. The van der Waals surface area contributed by atoms with Crippen molar-refractivity contribution in [2.75, 3.05) is 11.5 Å². The number of benzene rings is 2. The summed E-state index contributed by atoms with van der Waals surface area (Å²) in [4.78, 5) is 0.161. The van der Waals surface area contributed by atoms with Crippen LogP contribution in [-0.4, -0.2) is 15.2 Å². The molecule has 1 heterocycles. The third kappa shape index (κ3) is 2.39. The predicted octanol–water partition coefficient (Wildman–Crippen LogP) is 2.87. The van der Waals surface area contributed by atoms with Crippen LogP contribution >= 0.6 is 11.6 Å². The van der Waals surface area contributed by atoms with E-state index in [-0.39, 0.29) is 22.4 Å². The van der Waals surface area contributed by atoms with Crippen molar-refractivity contribution in [3.63, 3.8) is 0 Å². The molecule has 0 fully saturated rings. The Morgan fingerprint density at radius 3 is 2.40 bits per heavy atom. The summed E-state index contributed by atoms with van der Waals surface area (Å²) in [6.45, 7) is 0.0978. The number of fused-ring (bicyclic) bond motifs is 1. The van der Waals surface area contributed by atoms with Gasteiger partial charge in [-0.05, 0) is 12.1 Å². The number of rotatable bonds is 3. The van der Waals surface area contributed by atoms with E-state index in [9.17, 15) is 8.42 Å². The van der Waals surface area contributed by atoms with Gasteiger partial charge in [0.25, 0.3) is 10.0 Å². The van der Waals surface area contributed by atoms with E-state index in [0.29, 0.717) is 11.5 Å². The van der Waals surface area contributed by atoms with Gasteiger partial charge in [-0.15, -0.1) is 0 Å². The molecule has 0 spiro atoms. The number of anilines is 1. The molecule has 0 saturated carbocycles. The van der Waals surface area contributed by atoms with Gasteiger partial charge in [-0.3, -0.25) is 4.72 Å². The van der Waals surface area contributed by atoms with Crippen molar-refractivity contribution in [3.05, 3.63) is 47.5 Å². The molecule has 0 unspecified atom stereocenters. The Kier molecular flexibility index (Phi) is 3.19. The Morgan fingerprint density at radius 1 is 1.05 bits per heavy atom. The second kappa shape index (κ2) is 4.88. The summed E-state index contributed by atoms with van der Waals surface area (Å²) in [5.41, 5.74) is 0.250.